The molecule has 0 aliphatic heterocycles. The van der Waals surface area contributed by atoms with Gasteiger partial charge in [-0.2, -0.15) is 0 Å². The lowest BCUT2D eigenvalue weighted by molar-refractivity contribution is 0.132. The van der Waals surface area contributed by atoms with Gasteiger partial charge < -0.3 is 9.47 Å². The summed E-state index contributed by atoms with van der Waals surface area (Å²) in [7, 11) is -3.60. The number of sulfonamides is 1. The van der Waals surface area contributed by atoms with Crippen LogP contribution in [-0.2, 0) is 10.0 Å². The molecule has 0 amide bonds. The topological polar surface area (TPSA) is 90.4 Å². The van der Waals surface area contributed by atoms with Crippen LogP contribution in [0.4, 0.5) is 4.39 Å². The number of hydrogen-bond donors (Lipinski definition) is 1. The van der Waals surface area contributed by atoms with E-state index in [-0.39, 0.29) is 29.2 Å². The van der Waals surface area contributed by atoms with Crippen molar-refractivity contribution in [3.8, 4) is 11.8 Å². The van der Waals surface area contributed by atoms with Gasteiger partial charge in [0.1, 0.15) is 11.9 Å². The van der Waals surface area contributed by atoms with E-state index in [2.05, 4.69) is 14.7 Å². The quantitative estimate of drug-likeness (QED) is 0.756. The van der Waals surface area contributed by atoms with E-state index in [0.29, 0.717) is 31.4 Å². The largest absolute Gasteiger partial charge is 0.491 e. The first-order chi connectivity index (χ1) is 13.3. The first-order valence-corrected chi connectivity index (χ1v) is 10.7. The van der Waals surface area contributed by atoms with E-state index in [9.17, 15) is 12.8 Å². The predicted molar refractivity (Wildman–Crippen MR) is 101 cm³/mol. The minimum atomic E-state index is -3.60. The number of nitrogens with zero attached hydrogens (tertiary/aromatic N) is 2. The smallest absolute Gasteiger partial charge is 0.316 e. The van der Waals surface area contributed by atoms with E-state index >= 15 is 0 Å². The molecule has 0 radical (unpaired) electrons. The van der Waals surface area contributed by atoms with Crippen molar-refractivity contribution in [3.63, 3.8) is 0 Å². The van der Waals surface area contributed by atoms with Gasteiger partial charge in [-0.25, -0.2) is 27.5 Å². The van der Waals surface area contributed by atoms with Gasteiger partial charge in [-0.1, -0.05) is 0 Å². The van der Waals surface area contributed by atoms with Crippen molar-refractivity contribution in [2.45, 2.75) is 62.7 Å². The van der Waals surface area contributed by atoms with Crippen LogP contribution in [0.1, 0.15) is 39.5 Å². The third-order valence-corrected chi connectivity index (χ3v) is 5.91. The third kappa shape index (κ3) is 5.62. The van der Waals surface area contributed by atoms with E-state index in [0.717, 1.165) is 12.4 Å². The molecule has 28 heavy (non-hydrogen) atoms. The molecule has 1 aliphatic rings. The fraction of sp³-hybridized carbons (Fsp3) is 0.474. The lowest BCUT2D eigenvalue weighted by Crippen LogP contribution is -2.39. The van der Waals surface area contributed by atoms with Gasteiger partial charge in [-0.05, 0) is 63.8 Å². The molecule has 1 fully saturated rings. The van der Waals surface area contributed by atoms with Crippen molar-refractivity contribution in [3.05, 3.63) is 42.5 Å². The zero-order valence-electron chi connectivity index (χ0n) is 15.8. The van der Waals surface area contributed by atoms with Gasteiger partial charge in [-0.15, -0.1) is 0 Å². The van der Waals surface area contributed by atoms with Gasteiger partial charge in [0, 0.05) is 6.04 Å². The molecule has 152 valence electrons. The van der Waals surface area contributed by atoms with Crippen molar-refractivity contribution in [2.75, 3.05) is 0 Å². The molecule has 0 saturated heterocycles. The lowest BCUT2D eigenvalue weighted by Gasteiger charge is -2.28. The Morgan fingerprint density at radius 1 is 1.07 bits per heavy atom. The fourth-order valence-corrected chi connectivity index (χ4v) is 4.37. The molecule has 9 heteroatoms. The number of nitrogens with one attached hydrogen (secondary N) is 1. The summed E-state index contributed by atoms with van der Waals surface area (Å²) >= 11 is 0. The molecular weight excluding hydrogens is 385 g/mol. The highest BCUT2D eigenvalue weighted by Gasteiger charge is 2.27. The monoisotopic (exact) mass is 409 g/mol. The van der Waals surface area contributed by atoms with Crippen molar-refractivity contribution >= 4 is 10.0 Å². The SMILES string of the molecule is CC(C)Oc1ccc(S(=O)(=O)NC2CCC(Oc3ncc(F)cn3)CC2)cc1. The van der Waals surface area contributed by atoms with Gasteiger partial charge in [0.25, 0.3) is 0 Å². The average Bonchev–Trinajstić information content (AvgIpc) is 2.65. The summed E-state index contributed by atoms with van der Waals surface area (Å²) in [6.45, 7) is 3.82. The van der Waals surface area contributed by atoms with Crippen molar-refractivity contribution in [2.24, 2.45) is 0 Å². The maximum Gasteiger partial charge on any atom is 0.316 e. The summed E-state index contributed by atoms with van der Waals surface area (Å²) in [5.41, 5.74) is 0. The van der Waals surface area contributed by atoms with Crippen molar-refractivity contribution in [1.29, 1.82) is 0 Å². The molecule has 1 aliphatic carbocycles. The van der Waals surface area contributed by atoms with Gasteiger partial charge in [0.15, 0.2) is 5.82 Å². The molecule has 0 bridgehead atoms. The van der Waals surface area contributed by atoms with Gasteiger partial charge in [-0.3, -0.25) is 0 Å². The maximum atomic E-state index is 12.8. The summed E-state index contributed by atoms with van der Waals surface area (Å²) in [6, 6.07) is 6.37. The zero-order valence-corrected chi connectivity index (χ0v) is 16.7. The predicted octanol–water partition coefficient (Wildman–Crippen LogP) is 3.07. The van der Waals surface area contributed by atoms with E-state index in [1.807, 2.05) is 13.8 Å². The highest BCUT2D eigenvalue weighted by molar-refractivity contribution is 7.89. The molecule has 0 unspecified atom stereocenters. The van der Waals surface area contributed by atoms with Gasteiger partial charge in [0.2, 0.25) is 10.0 Å². The molecule has 2 aromatic rings. The Bertz CT molecular complexity index is 865. The highest BCUT2D eigenvalue weighted by Crippen LogP contribution is 2.24. The summed E-state index contributed by atoms with van der Waals surface area (Å²) < 4.78 is 52.0. The van der Waals surface area contributed by atoms with Crippen LogP contribution >= 0.6 is 0 Å². The minimum Gasteiger partial charge on any atom is -0.491 e. The Morgan fingerprint density at radius 2 is 1.68 bits per heavy atom. The normalized spacial score (nSPS) is 20.1. The maximum absolute atomic E-state index is 12.8. The first-order valence-electron chi connectivity index (χ1n) is 9.25. The summed E-state index contributed by atoms with van der Waals surface area (Å²) in [6.07, 6.45) is 4.62. The van der Waals surface area contributed by atoms with Gasteiger partial charge in [0.05, 0.1) is 23.4 Å². The van der Waals surface area contributed by atoms with Crippen molar-refractivity contribution in [1.82, 2.24) is 14.7 Å². The average molecular weight is 409 g/mol. The second-order valence-corrected chi connectivity index (χ2v) is 8.75. The van der Waals surface area contributed by atoms with Crippen LogP contribution in [0.5, 0.6) is 11.8 Å². The molecule has 0 atom stereocenters. The Labute approximate surface area is 164 Å². The van der Waals surface area contributed by atoms with Crippen LogP contribution in [0.25, 0.3) is 0 Å². The van der Waals surface area contributed by atoms with Gasteiger partial charge >= 0.3 is 6.01 Å². The zero-order chi connectivity index (χ0) is 20.1. The number of halogens is 1. The molecule has 1 saturated carbocycles. The number of benzene rings is 1. The molecular formula is C19H24FN3O4S. The second-order valence-electron chi connectivity index (χ2n) is 7.03. The molecule has 1 aromatic heterocycles. The van der Waals surface area contributed by atoms with Crippen molar-refractivity contribution < 1.29 is 22.3 Å². The van der Waals surface area contributed by atoms with E-state index in [1.165, 1.54) is 0 Å². The summed E-state index contributed by atoms with van der Waals surface area (Å²) in [4.78, 5) is 7.78. The number of aromatic nitrogens is 2. The molecule has 1 N–H and O–H groups in total. The standard InChI is InChI=1S/C19H24FN3O4S/c1-13(2)26-16-7-9-18(10-8-16)28(24,25)23-15-3-5-17(6-4-15)27-19-21-11-14(20)12-22-19/h7-13,15,17,23H,3-6H2,1-2H3. The second kappa shape index (κ2) is 8.83. The van der Waals surface area contributed by atoms with E-state index in [1.54, 1.807) is 24.3 Å². The molecule has 0 spiro atoms. The molecule has 7 nitrogen and oxygen atoms in total. The van der Waals surface area contributed by atoms with Crippen LogP contribution in [0.3, 0.4) is 0 Å². The van der Waals surface area contributed by atoms with E-state index in [4.69, 9.17) is 9.47 Å². The molecule has 1 aromatic carbocycles. The van der Waals surface area contributed by atoms with Crippen LogP contribution in [-0.4, -0.2) is 36.6 Å². The van der Waals surface area contributed by atoms with Crippen LogP contribution in [0, 0.1) is 5.82 Å². The summed E-state index contributed by atoms with van der Waals surface area (Å²) in [5.74, 6) is 0.115. The molecule has 3 rings (SSSR count). The number of rotatable bonds is 7. The van der Waals surface area contributed by atoms with Crippen LogP contribution < -0.4 is 14.2 Å². The third-order valence-electron chi connectivity index (χ3n) is 4.37. The highest BCUT2D eigenvalue weighted by atomic mass is 32.2. The van der Waals surface area contributed by atoms with Crippen LogP contribution in [0.2, 0.25) is 0 Å². The Hall–Kier alpha value is -2.26. The fourth-order valence-electron chi connectivity index (χ4n) is 3.07. The summed E-state index contributed by atoms with van der Waals surface area (Å²) in [5, 5.41) is 0. The minimum absolute atomic E-state index is 0.0262. The van der Waals surface area contributed by atoms with E-state index < -0.39 is 15.8 Å². The number of ether oxygens (including phenoxy) is 2. The Morgan fingerprint density at radius 3 is 2.25 bits per heavy atom. The molecule has 1 heterocycles. The Kier molecular flexibility index (Phi) is 6.46. The van der Waals surface area contributed by atoms with Crippen LogP contribution in [0.15, 0.2) is 41.6 Å². The first kappa shape index (κ1) is 20.5. The lowest BCUT2D eigenvalue weighted by atomic mass is 9.94. The number of hydrogen-bond acceptors (Lipinski definition) is 6. The Balaban J connectivity index is 1.52.